The summed E-state index contributed by atoms with van der Waals surface area (Å²) in [6.07, 6.45) is 0.586. The van der Waals surface area contributed by atoms with E-state index in [1.54, 1.807) is 0 Å². The van der Waals surface area contributed by atoms with Gasteiger partial charge in [0.25, 0.3) is 0 Å². The third-order valence-corrected chi connectivity index (χ3v) is 5.94. The molecule has 0 saturated heterocycles. The normalized spacial score (nSPS) is 11.5. The van der Waals surface area contributed by atoms with Gasteiger partial charge in [-0.15, -0.1) is 11.3 Å². The Bertz CT molecular complexity index is 750. The fraction of sp³-hybridized carbons (Fsp3) is 0.214. The lowest BCUT2D eigenvalue weighted by molar-refractivity contribution is 0.0697. The Hall–Kier alpha value is -1.70. The molecule has 0 aliphatic rings. The molecule has 0 radical (unpaired) electrons. The maximum absolute atomic E-state index is 12.0. The number of sulfonamides is 1. The van der Waals surface area contributed by atoms with Crippen LogP contribution in [0.4, 0.5) is 0 Å². The van der Waals surface area contributed by atoms with Crippen molar-refractivity contribution in [1.82, 2.24) is 4.72 Å². The summed E-state index contributed by atoms with van der Waals surface area (Å²) in [5.74, 6) is -1.13. The Balaban J connectivity index is 2.01. The number of hydrogen-bond acceptors (Lipinski definition) is 4. The highest BCUT2D eigenvalue weighted by Gasteiger charge is 2.18. The smallest absolute Gasteiger partial charge is 0.336 e. The zero-order chi connectivity index (χ0) is 15.5. The van der Waals surface area contributed by atoms with Gasteiger partial charge in [-0.2, -0.15) is 0 Å². The van der Waals surface area contributed by atoms with Crippen LogP contribution in [-0.2, 0) is 16.4 Å². The molecule has 0 fully saturated rings. The summed E-state index contributed by atoms with van der Waals surface area (Å²) in [4.78, 5) is 10.8. The van der Waals surface area contributed by atoms with E-state index in [9.17, 15) is 13.2 Å². The van der Waals surface area contributed by atoms with Crippen LogP contribution in [0.2, 0.25) is 0 Å². The highest BCUT2D eigenvalue weighted by molar-refractivity contribution is 7.91. The van der Waals surface area contributed by atoms with Crippen LogP contribution in [0.25, 0.3) is 0 Å². The lowest BCUT2D eigenvalue weighted by atomic mass is 10.1. The third-order valence-electron chi connectivity index (χ3n) is 3.03. The van der Waals surface area contributed by atoms with E-state index in [1.807, 2.05) is 31.2 Å². The highest BCUT2D eigenvalue weighted by Crippen LogP contribution is 2.20. The number of aryl methyl sites for hydroxylation is 1. The molecular weight excluding hydrogens is 310 g/mol. The second-order valence-corrected chi connectivity index (χ2v) is 7.44. The van der Waals surface area contributed by atoms with E-state index in [0.29, 0.717) is 6.42 Å². The minimum Gasteiger partial charge on any atom is -0.478 e. The number of nitrogens with one attached hydrogen (secondary N) is 1. The number of carboxylic acid groups (broad SMARTS) is 1. The van der Waals surface area contributed by atoms with Gasteiger partial charge in [0.05, 0.1) is 5.56 Å². The summed E-state index contributed by atoms with van der Waals surface area (Å²) in [6, 6.07) is 8.94. The molecule has 1 heterocycles. The van der Waals surface area contributed by atoms with E-state index >= 15 is 0 Å². The molecule has 0 bridgehead atoms. The maximum atomic E-state index is 12.0. The van der Waals surface area contributed by atoms with Crippen LogP contribution in [0.15, 0.2) is 39.9 Å². The van der Waals surface area contributed by atoms with E-state index in [-0.39, 0.29) is 16.3 Å². The Morgan fingerprint density at radius 1 is 1.33 bits per heavy atom. The SMILES string of the molecule is Cc1ccccc1CCNS(=O)(=O)c1cc(C(=O)O)cs1. The van der Waals surface area contributed by atoms with Crippen molar-refractivity contribution >= 4 is 27.3 Å². The van der Waals surface area contributed by atoms with E-state index in [4.69, 9.17) is 5.11 Å². The van der Waals surface area contributed by atoms with Crippen LogP contribution in [0.1, 0.15) is 21.5 Å². The largest absolute Gasteiger partial charge is 0.478 e. The summed E-state index contributed by atoms with van der Waals surface area (Å²) in [5.41, 5.74) is 2.18. The van der Waals surface area contributed by atoms with Gasteiger partial charge in [-0.05, 0) is 30.5 Å². The van der Waals surface area contributed by atoms with Gasteiger partial charge in [0.2, 0.25) is 10.0 Å². The minimum absolute atomic E-state index is 0.0146. The van der Waals surface area contributed by atoms with Gasteiger partial charge in [0.1, 0.15) is 4.21 Å². The molecule has 2 N–H and O–H groups in total. The topological polar surface area (TPSA) is 83.5 Å². The molecule has 2 aromatic rings. The molecule has 1 aromatic carbocycles. The summed E-state index contributed by atoms with van der Waals surface area (Å²) in [7, 11) is -3.65. The standard InChI is InChI=1S/C14H15NO4S2/c1-10-4-2-3-5-11(10)6-7-15-21(18,19)13-8-12(9-20-13)14(16)17/h2-5,8-9,15H,6-7H2,1H3,(H,16,17). The first kappa shape index (κ1) is 15.7. The Kier molecular flexibility index (Phi) is 4.76. The van der Waals surface area contributed by atoms with Crippen molar-refractivity contribution in [2.75, 3.05) is 6.54 Å². The minimum atomic E-state index is -3.65. The molecule has 112 valence electrons. The molecule has 1 aromatic heterocycles. The molecule has 0 aliphatic carbocycles. The predicted molar refractivity (Wildman–Crippen MR) is 81.3 cm³/mol. The second kappa shape index (κ2) is 6.38. The molecule has 5 nitrogen and oxygen atoms in total. The Morgan fingerprint density at radius 2 is 2.05 bits per heavy atom. The van der Waals surface area contributed by atoms with Crippen LogP contribution in [-0.4, -0.2) is 26.0 Å². The van der Waals surface area contributed by atoms with Gasteiger partial charge < -0.3 is 5.11 Å². The predicted octanol–water partition coefficient (Wildman–Crippen LogP) is 2.28. The molecule has 2 rings (SSSR count). The van der Waals surface area contributed by atoms with Crippen LogP contribution in [0, 0.1) is 6.92 Å². The first-order valence-corrected chi connectivity index (χ1v) is 8.62. The second-order valence-electron chi connectivity index (χ2n) is 4.53. The van der Waals surface area contributed by atoms with E-state index in [2.05, 4.69) is 4.72 Å². The zero-order valence-corrected chi connectivity index (χ0v) is 13.0. The highest BCUT2D eigenvalue weighted by atomic mass is 32.2. The quantitative estimate of drug-likeness (QED) is 0.853. The lowest BCUT2D eigenvalue weighted by Gasteiger charge is -2.07. The molecular formula is C14H15NO4S2. The van der Waals surface area contributed by atoms with Gasteiger partial charge in [-0.1, -0.05) is 24.3 Å². The number of hydrogen-bond donors (Lipinski definition) is 2. The number of rotatable bonds is 6. The van der Waals surface area contributed by atoms with Gasteiger partial charge in [0.15, 0.2) is 0 Å². The molecule has 0 spiro atoms. The number of carboxylic acids is 1. The number of thiophene rings is 1. The fourth-order valence-electron chi connectivity index (χ4n) is 1.85. The fourth-order valence-corrected chi connectivity index (χ4v) is 4.08. The molecule has 7 heteroatoms. The van der Waals surface area contributed by atoms with Crippen molar-refractivity contribution in [3.8, 4) is 0 Å². The van der Waals surface area contributed by atoms with Crippen LogP contribution < -0.4 is 4.72 Å². The van der Waals surface area contributed by atoms with Crippen molar-refractivity contribution < 1.29 is 18.3 Å². The van der Waals surface area contributed by atoms with Crippen molar-refractivity contribution in [3.05, 3.63) is 52.4 Å². The lowest BCUT2D eigenvalue weighted by Crippen LogP contribution is -2.25. The van der Waals surface area contributed by atoms with Gasteiger partial charge in [0, 0.05) is 11.9 Å². The number of benzene rings is 1. The van der Waals surface area contributed by atoms with Gasteiger partial charge in [-0.3, -0.25) is 0 Å². The van der Waals surface area contributed by atoms with Crippen molar-refractivity contribution in [2.45, 2.75) is 17.6 Å². The molecule has 0 amide bonds. The Labute approximate surface area is 127 Å². The van der Waals surface area contributed by atoms with Crippen LogP contribution in [0.5, 0.6) is 0 Å². The average molecular weight is 325 g/mol. The molecule has 21 heavy (non-hydrogen) atoms. The van der Waals surface area contributed by atoms with Crippen LogP contribution in [0.3, 0.4) is 0 Å². The summed E-state index contributed by atoms with van der Waals surface area (Å²) >= 11 is 0.903. The summed E-state index contributed by atoms with van der Waals surface area (Å²) < 4.78 is 26.6. The van der Waals surface area contributed by atoms with Crippen molar-refractivity contribution in [2.24, 2.45) is 0 Å². The van der Waals surface area contributed by atoms with Gasteiger partial charge in [-0.25, -0.2) is 17.9 Å². The first-order chi connectivity index (χ1) is 9.90. The van der Waals surface area contributed by atoms with E-state index in [1.165, 1.54) is 11.4 Å². The van der Waals surface area contributed by atoms with E-state index in [0.717, 1.165) is 22.5 Å². The average Bonchev–Trinajstić information content (AvgIpc) is 2.91. The summed E-state index contributed by atoms with van der Waals surface area (Å²) in [6.45, 7) is 2.25. The van der Waals surface area contributed by atoms with Crippen LogP contribution >= 0.6 is 11.3 Å². The summed E-state index contributed by atoms with van der Waals surface area (Å²) in [5, 5.41) is 10.1. The van der Waals surface area contributed by atoms with Crippen molar-refractivity contribution in [1.29, 1.82) is 0 Å². The number of carbonyl (C=O) groups is 1. The molecule has 0 atom stereocenters. The molecule has 0 saturated carbocycles. The molecule has 0 unspecified atom stereocenters. The third kappa shape index (κ3) is 3.90. The maximum Gasteiger partial charge on any atom is 0.336 e. The van der Waals surface area contributed by atoms with Gasteiger partial charge >= 0.3 is 5.97 Å². The van der Waals surface area contributed by atoms with Crippen molar-refractivity contribution in [3.63, 3.8) is 0 Å². The first-order valence-electron chi connectivity index (χ1n) is 6.26. The zero-order valence-electron chi connectivity index (χ0n) is 11.4. The molecule has 0 aliphatic heterocycles. The number of aromatic carboxylic acids is 1. The monoisotopic (exact) mass is 325 g/mol. The van der Waals surface area contributed by atoms with E-state index < -0.39 is 16.0 Å². The Morgan fingerprint density at radius 3 is 2.67 bits per heavy atom.